The number of benzene rings is 1. The predicted octanol–water partition coefficient (Wildman–Crippen LogP) is 1.76. The minimum absolute atomic E-state index is 0.0484. The highest BCUT2D eigenvalue weighted by Gasteiger charge is 2.26. The smallest absolute Gasteiger partial charge is 0.260 e. The SMILES string of the molecule is CCC1=NO[C@H](CN2CCN(C(=O)COc3ccccc3)CC2)C1. The van der Waals surface area contributed by atoms with Gasteiger partial charge in [-0.2, -0.15) is 0 Å². The zero-order valence-corrected chi connectivity index (χ0v) is 14.2. The molecule has 1 atom stereocenters. The predicted molar refractivity (Wildman–Crippen MR) is 92.2 cm³/mol. The van der Waals surface area contributed by atoms with Crippen molar-refractivity contribution in [2.24, 2.45) is 5.16 Å². The number of piperazine rings is 1. The van der Waals surface area contributed by atoms with Crippen LogP contribution in [0, 0.1) is 0 Å². The molecule has 2 aliphatic heterocycles. The van der Waals surface area contributed by atoms with Crippen LogP contribution < -0.4 is 4.74 Å². The Kier molecular flexibility index (Phi) is 5.69. The largest absolute Gasteiger partial charge is 0.484 e. The normalized spacial score (nSPS) is 21.3. The maximum absolute atomic E-state index is 12.2. The van der Waals surface area contributed by atoms with E-state index in [1.165, 1.54) is 0 Å². The molecule has 0 aliphatic carbocycles. The van der Waals surface area contributed by atoms with Gasteiger partial charge in [0.25, 0.3) is 5.91 Å². The van der Waals surface area contributed by atoms with E-state index < -0.39 is 0 Å². The second-order valence-electron chi connectivity index (χ2n) is 6.23. The third-order valence-electron chi connectivity index (χ3n) is 4.49. The Bertz CT molecular complexity index is 568. The zero-order chi connectivity index (χ0) is 16.8. The van der Waals surface area contributed by atoms with Crippen LogP contribution in [0.1, 0.15) is 19.8 Å². The van der Waals surface area contributed by atoms with Crippen molar-refractivity contribution in [3.05, 3.63) is 30.3 Å². The molecule has 2 heterocycles. The lowest BCUT2D eigenvalue weighted by molar-refractivity contribution is -0.135. The number of oxime groups is 1. The molecule has 0 radical (unpaired) electrons. The third kappa shape index (κ3) is 4.47. The number of ether oxygens (including phenoxy) is 1. The molecule has 0 aromatic heterocycles. The summed E-state index contributed by atoms with van der Waals surface area (Å²) in [6.45, 7) is 6.32. The first-order valence-electron chi connectivity index (χ1n) is 8.64. The van der Waals surface area contributed by atoms with Crippen molar-refractivity contribution in [2.75, 3.05) is 39.3 Å². The summed E-state index contributed by atoms with van der Waals surface area (Å²) in [6, 6.07) is 9.45. The number of carbonyl (C=O) groups excluding carboxylic acids is 1. The van der Waals surface area contributed by atoms with Crippen LogP contribution in [0.4, 0.5) is 0 Å². The van der Waals surface area contributed by atoms with Gasteiger partial charge in [0, 0.05) is 39.1 Å². The van der Waals surface area contributed by atoms with E-state index in [0.717, 1.165) is 57.0 Å². The average Bonchev–Trinajstić information content (AvgIpc) is 3.09. The molecule has 0 saturated carbocycles. The second kappa shape index (κ2) is 8.15. The van der Waals surface area contributed by atoms with Gasteiger partial charge < -0.3 is 14.5 Å². The number of hydrogen-bond donors (Lipinski definition) is 0. The number of para-hydroxylation sites is 1. The van der Waals surface area contributed by atoms with Gasteiger partial charge in [0.15, 0.2) is 6.61 Å². The molecule has 24 heavy (non-hydrogen) atoms. The molecule has 3 rings (SSSR count). The van der Waals surface area contributed by atoms with Crippen LogP contribution in [-0.4, -0.2) is 66.9 Å². The quantitative estimate of drug-likeness (QED) is 0.797. The Morgan fingerprint density at radius 1 is 1.25 bits per heavy atom. The Morgan fingerprint density at radius 2 is 2.00 bits per heavy atom. The summed E-state index contributed by atoms with van der Waals surface area (Å²) in [5.41, 5.74) is 1.15. The van der Waals surface area contributed by atoms with E-state index in [1.807, 2.05) is 35.2 Å². The first kappa shape index (κ1) is 16.8. The maximum Gasteiger partial charge on any atom is 0.260 e. The van der Waals surface area contributed by atoms with Crippen LogP contribution in [-0.2, 0) is 9.63 Å². The summed E-state index contributed by atoms with van der Waals surface area (Å²) < 4.78 is 5.54. The summed E-state index contributed by atoms with van der Waals surface area (Å²) in [5, 5.41) is 4.11. The molecule has 1 saturated heterocycles. The fourth-order valence-corrected chi connectivity index (χ4v) is 3.01. The van der Waals surface area contributed by atoms with Gasteiger partial charge in [-0.15, -0.1) is 0 Å². The van der Waals surface area contributed by atoms with Crippen molar-refractivity contribution >= 4 is 11.6 Å². The van der Waals surface area contributed by atoms with Gasteiger partial charge in [-0.1, -0.05) is 30.3 Å². The monoisotopic (exact) mass is 331 g/mol. The summed E-state index contributed by atoms with van der Waals surface area (Å²) in [4.78, 5) is 21.9. The summed E-state index contributed by atoms with van der Waals surface area (Å²) in [5.74, 6) is 0.779. The number of nitrogens with zero attached hydrogens (tertiary/aromatic N) is 3. The van der Waals surface area contributed by atoms with E-state index in [2.05, 4.69) is 17.0 Å². The van der Waals surface area contributed by atoms with Crippen LogP contribution in [0.5, 0.6) is 5.75 Å². The van der Waals surface area contributed by atoms with Gasteiger partial charge >= 0.3 is 0 Å². The number of rotatable bonds is 6. The van der Waals surface area contributed by atoms with Gasteiger partial charge in [-0.25, -0.2) is 0 Å². The van der Waals surface area contributed by atoms with Crippen molar-refractivity contribution < 1.29 is 14.4 Å². The summed E-state index contributed by atoms with van der Waals surface area (Å²) in [6.07, 6.45) is 2.06. The van der Waals surface area contributed by atoms with Crippen LogP contribution in [0.25, 0.3) is 0 Å². The van der Waals surface area contributed by atoms with Gasteiger partial charge in [-0.3, -0.25) is 9.69 Å². The van der Waals surface area contributed by atoms with Crippen molar-refractivity contribution in [3.63, 3.8) is 0 Å². The highest BCUT2D eigenvalue weighted by molar-refractivity contribution is 5.85. The first-order valence-corrected chi connectivity index (χ1v) is 8.64. The van der Waals surface area contributed by atoms with Gasteiger partial charge in [0.1, 0.15) is 11.9 Å². The third-order valence-corrected chi connectivity index (χ3v) is 4.49. The molecule has 0 N–H and O–H groups in total. The zero-order valence-electron chi connectivity index (χ0n) is 14.2. The Balaban J connectivity index is 1.36. The molecule has 6 nitrogen and oxygen atoms in total. The molecule has 2 aliphatic rings. The first-order chi connectivity index (χ1) is 11.7. The molecule has 1 fully saturated rings. The highest BCUT2D eigenvalue weighted by Crippen LogP contribution is 2.15. The molecule has 1 aromatic carbocycles. The summed E-state index contributed by atoms with van der Waals surface area (Å²) in [7, 11) is 0. The maximum atomic E-state index is 12.2. The van der Waals surface area contributed by atoms with E-state index >= 15 is 0 Å². The summed E-state index contributed by atoms with van der Waals surface area (Å²) >= 11 is 0. The second-order valence-corrected chi connectivity index (χ2v) is 6.23. The van der Waals surface area contributed by atoms with Crippen LogP contribution in [0.3, 0.4) is 0 Å². The highest BCUT2D eigenvalue weighted by atomic mass is 16.6. The Hall–Kier alpha value is -2.08. The lowest BCUT2D eigenvalue weighted by atomic mass is 10.1. The standard InChI is InChI=1S/C18H25N3O3/c1-2-15-12-17(24-19-15)13-20-8-10-21(11-9-20)18(22)14-23-16-6-4-3-5-7-16/h3-7,17H,2,8-14H2,1H3/t17-/m0/s1. The molecule has 1 aromatic rings. The van der Waals surface area contributed by atoms with Crippen molar-refractivity contribution in [2.45, 2.75) is 25.9 Å². The Morgan fingerprint density at radius 3 is 2.67 bits per heavy atom. The minimum atomic E-state index is 0.0484. The average molecular weight is 331 g/mol. The van der Waals surface area contributed by atoms with E-state index in [-0.39, 0.29) is 18.6 Å². The number of amides is 1. The number of hydrogen-bond acceptors (Lipinski definition) is 5. The topological polar surface area (TPSA) is 54.4 Å². The Labute approximate surface area is 143 Å². The molecule has 6 heteroatoms. The van der Waals surface area contributed by atoms with Crippen LogP contribution >= 0.6 is 0 Å². The van der Waals surface area contributed by atoms with Crippen LogP contribution in [0.2, 0.25) is 0 Å². The van der Waals surface area contributed by atoms with Gasteiger partial charge in [0.2, 0.25) is 0 Å². The lowest BCUT2D eigenvalue weighted by Gasteiger charge is -2.35. The number of carbonyl (C=O) groups is 1. The fraction of sp³-hybridized carbons (Fsp3) is 0.556. The van der Waals surface area contributed by atoms with Gasteiger partial charge in [-0.05, 0) is 18.6 Å². The van der Waals surface area contributed by atoms with Crippen molar-refractivity contribution in [1.82, 2.24) is 9.80 Å². The fourth-order valence-electron chi connectivity index (χ4n) is 3.01. The molecule has 0 bridgehead atoms. The molecule has 1 amide bonds. The van der Waals surface area contributed by atoms with Crippen molar-refractivity contribution in [3.8, 4) is 5.75 Å². The van der Waals surface area contributed by atoms with Gasteiger partial charge in [0.05, 0.1) is 5.71 Å². The molecule has 0 unspecified atom stereocenters. The molecule has 0 spiro atoms. The van der Waals surface area contributed by atoms with E-state index in [9.17, 15) is 4.79 Å². The van der Waals surface area contributed by atoms with E-state index in [4.69, 9.17) is 9.57 Å². The lowest BCUT2D eigenvalue weighted by Crippen LogP contribution is -2.51. The minimum Gasteiger partial charge on any atom is -0.484 e. The molecule has 130 valence electrons. The molecular weight excluding hydrogens is 306 g/mol. The van der Waals surface area contributed by atoms with Crippen LogP contribution in [0.15, 0.2) is 35.5 Å². The molecular formula is C18H25N3O3. The van der Waals surface area contributed by atoms with E-state index in [1.54, 1.807) is 0 Å². The van der Waals surface area contributed by atoms with E-state index in [0.29, 0.717) is 0 Å². The van der Waals surface area contributed by atoms with Crippen molar-refractivity contribution in [1.29, 1.82) is 0 Å².